The molecule has 2 aromatic carbocycles. The Hall–Kier alpha value is -4.12. The molecule has 5 rings (SSSR count). The maximum Gasteiger partial charge on any atom is 0.281 e. The Morgan fingerprint density at radius 2 is 1.51 bits per heavy atom. The molecule has 37 heavy (non-hydrogen) atoms. The normalized spacial score (nSPS) is 15.2. The van der Waals surface area contributed by atoms with Crippen molar-refractivity contribution in [3.8, 4) is 22.9 Å². The fraction of sp³-hybridized carbons (Fsp3) is 0.192. The van der Waals surface area contributed by atoms with Gasteiger partial charge < -0.3 is 9.64 Å². The lowest BCUT2D eigenvalue weighted by atomic mass is 10.1. The van der Waals surface area contributed by atoms with E-state index in [0.717, 1.165) is 5.56 Å². The molecule has 1 fully saturated rings. The van der Waals surface area contributed by atoms with E-state index in [0.29, 0.717) is 17.3 Å². The largest absolute Gasteiger partial charge is 0.439 e. The van der Waals surface area contributed by atoms with E-state index in [2.05, 4.69) is 19.7 Å². The first kappa shape index (κ1) is 24.6. The number of rotatable bonds is 7. The number of hydrogen-bond acceptors (Lipinski definition) is 7. The zero-order chi connectivity index (χ0) is 25.9. The Bertz CT molecular complexity index is 1480. The van der Waals surface area contributed by atoms with Gasteiger partial charge in [-0.25, -0.2) is 23.5 Å². The van der Waals surface area contributed by atoms with Crippen LogP contribution in [0.15, 0.2) is 90.0 Å². The lowest BCUT2D eigenvalue weighted by molar-refractivity contribution is -0.0221. The summed E-state index contributed by atoms with van der Waals surface area (Å²) in [7, 11) is -4.20. The van der Waals surface area contributed by atoms with Gasteiger partial charge in [0.2, 0.25) is 11.8 Å². The number of hydrogen-bond donors (Lipinski definition) is 1. The number of aromatic nitrogens is 3. The number of alkyl halides is 2. The smallest absolute Gasteiger partial charge is 0.281 e. The number of pyridine rings is 1. The molecular formula is C26H23F2N5O3S. The van der Waals surface area contributed by atoms with Crippen LogP contribution in [0.25, 0.3) is 11.3 Å². The van der Waals surface area contributed by atoms with E-state index >= 15 is 0 Å². The minimum atomic E-state index is -4.20. The first-order valence-corrected chi connectivity index (χ1v) is 13.1. The number of ether oxygens (including phenoxy) is 1. The van der Waals surface area contributed by atoms with Gasteiger partial charge in [0.1, 0.15) is 11.6 Å². The first-order chi connectivity index (χ1) is 17.8. The third-order valence-corrected chi connectivity index (χ3v) is 7.00. The van der Waals surface area contributed by atoms with E-state index in [1.807, 2.05) is 36.4 Å². The number of para-hydroxylation sites is 1. The van der Waals surface area contributed by atoms with Crippen molar-refractivity contribution in [2.75, 3.05) is 22.7 Å². The number of benzene rings is 2. The van der Waals surface area contributed by atoms with E-state index in [1.54, 1.807) is 41.3 Å². The molecule has 1 aliphatic rings. The van der Waals surface area contributed by atoms with Gasteiger partial charge in [-0.1, -0.05) is 54.6 Å². The van der Waals surface area contributed by atoms with E-state index in [-0.39, 0.29) is 42.8 Å². The van der Waals surface area contributed by atoms with E-state index in [9.17, 15) is 17.2 Å². The molecular weight excluding hydrogens is 500 g/mol. The van der Waals surface area contributed by atoms with Crippen LogP contribution >= 0.6 is 0 Å². The second-order valence-corrected chi connectivity index (χ2v) is 10.1. The minimum absolute atomic E-state index is 0.0827. The molecule has 0 radical (unpaired) electrons. The molecule has 0 unspecified atom stereocenters. The van der Waals surface area contributed by atoms with Gasteiger partial charge in [-0.15, -0.1) is 0 Å². The van der Waals surface area contributed by atoms with Gasteiger partial charge in [0, 0.05) is 37.6 Å². The van der Waals surface area contributed by atoms with E-state index in [4.69, 9.17) is 4.74 Å². The van der Waals surface area contributed by atoms with Gasteiger partial charge in [-0.2, -0.15) is 13.4 Å². The summed E-state index contributed by atoms with van der Waals surface area (Å²) in [6.45, 7) is 0.165. The molecule has 3 heterocycles. The lowest BCUT2D eigenvalue weighted by Crippen LogP contribution is -2.39. The topological polar surface area (TPSA) is 97.3 Å². The summed E-state index contributed by atoms with van der Waals surface area (Å²) in [5.41, 5.74) is 1.19. The van der Waals surface area contributed by atoms with Gasteiger partial charge in [-0.05, 0) is 24.3 Å². The van der Waals surface area contributed by atoms with Crippen molar-refractivity contribution in [1.82, 2.24) is 15.0 Å². The van der Waals surface area contributed by atoms with Crippen LogP contribution in [0.2, 0.25) is 0 Å². The van der Waals surface area contributed by atoms with Gasteiger partial charge in [0.05, 0.1) is 5.69 Å². The molecule has 0 amide bonds. The number of piperidine rings is 1. The number of anilines is 2. The Labute approximate surface area is 213 Å². The zero-order valence-corrected chi connectivity index (χ0v) is 20.4. The van der Waals surface area contributed by atoms with Crippen LogP contribution in [0, 0.1) is 0 Å². The van der Waals surface area contributed by atoms with Crippen molar-refractivity contribution in [2.24, 2.45) is 0 Å². The van der Waals surface area contributed by atoms with E-state index < -0.39 is 15.9 Å². The number of halogens is 2. The molecule has 8 nitrogen and oxygen atoms in total. The van der Waals surface area contributed by atoms with Gasteiger partial charge in [0.15, 0.2) is 5.03 Å². The maximum atomic E-state index is 13.6. The quantitative estimate of drug-likeness (QED) is 0.348. The summed E-state index contributed by atoms with van der Waals surface area (Å²) >= 11 is 0. The second kappa shape index (κ2) is 10.1. The third kappa shape index (κ3) is 6.00. The molecule has 1 aliphatic heterocycles. The molecule has 11 heteroatoms. The standard InChI is InChI=1S/C26H23F2N5O3S/c27-26(28)14-16-33(17-15-26)22-12-7-13-24(30-22)37(34,35)32-25-29-21(19-8-3-1-4-9-19)18-23(31-25)36-20-10-5-2-6-11-20/h1-13,18H,14-17H2,(H,29,31,32). The number of nitrogens with zero attached hydrogens (tertiary/aromatic N) is 4. The first-order valence-electron chi connectivity index (χ1n) is 11.6. The maximum absolute atomic E-state index is 13.6. The van der Waals surface area contributed by atoms with Gasteiger partial charge in [0.25, 0.3) is 15.9 Å². The molecule has 0 saturated carbocycles. The van der Waals surface area contributed by atoms with Gasteiger partial charge >= 0.3 is 0 Å². The van der Waals surface area contributed by atoms with Crippen LogP contribution in [-0.2, 0) is 10.0 Å². The van der Waals surface area contributed by atoms with Crippen molar-refractivity contribution in [3.05, 3.63) is 84.9 Å². The molecule has 190 valence electrons. The second-order valence-electron chi connectivity index (χ2n) is 8.48. The third-order valence-electron chi connectivity index (χ3n) is 5.77. The highest BCUT2D eigenvalue weighted by Gasteiger charge is 2.34. The summed E-state index contributed by atoms with van der Waals surface area (Å²) in [6, 6.07) is 24.2. The highest BCUT2D eigenvalue weighted by molar-refractivity contribution is 7.92. The average molecular weight is 524 g/mol. The fourth-order valence-corrected chi connectivity index (χ4v) is 4.76. The zero-order valence-electron chi connectivity index (χ0n) is 19.6. The SMILES string of the molecule is O=S(=O)(Nc1nc(Oc2ccccc2)cc(-c2ccccc2)n1)c1cccc(N2CCC(F)(F)CC2)n1. The Morgan fingerprint density at radius 1 is 0.838 bits per heavy atom. The molecule has 1 saturated heterocycles. The van der Waals surface area contributed by atoms with Crippen LogP contribution in [0.5, 0.6) is 11.6 Å². The summed E-state index contributed by atoms with van der Waals surface area (Å²) in [5.74, 6) is -1.94. The highest BCUT2D eigenvalue weighted by atomic mass is 32.2. The van der Waals surface area contributed by atoms with Crippen LogP contribution in [-0.4, -0.2) is 42.4 Å². The Kier molecular flexibility index (Phi) is 6.70. The molecule has 0 bridgehead atoms. The van der Waals surface area contributed by atoms with Crippen LogP contribution < -0.4 is 14.4 Å². The minimum Gasteiger partial charge on any atom is -0.439 e. The Balaban J connectivity index is 1.44. The van der Waals surface area contributed by atoms with Crippen molar-refractivity contribution >= 4 is 21.8 Å². The Morgan fingerprint density at radius 3 is 2.22 bits per heavy atom. The summed E-state index contributed by atoms with van der Waals surface area (Å²) in [4.78, 5) is 14.5. The molecule has 0 aliphatic carbocycles. The molecule has 0 atom stereocenters. The molecule has 0 spiro atoms. The summed E-state index contributed by atoms with van der Waals surface area (Å²) in [5, 5.41) is -0.276. The summed E-state index contributed by atoms with van der Waals surface area (Å²) in [6.07, 6.45) is -0.623. The predicted molar refractivity (Wildman–Crippen MR) is 135 cm³/mol. The van der Waals surface area contributed by atoms with Crippen molar-refractivity contribution in [2.45, 2.75) is 23.8 Å². The fourth-order valence-electron chi connectivity index (χ4n) is 3.85. The monoisotopic (exact) mass is 523 g/mol. The molecule has 1 N–H and O–H groups in total. The number of sulfonamides is 1. The van der Waals surface area contributed by atoms with Crippen LogP contribution in [0.1, 0.15) is 12.8 Å². The van der Waals surface area contributed by atoms with Gasteiger partial charge in [-0.3, -0.25) is 0 Å². The predicted octanol–water partition coefficient (Wildman–Crippen LogP) is 5.37. The van der Waals surface area contributed by atoms with Crippen LogP contribution in [0.3, 0.4) is 0 Å². The highest BCUT2D eigenvalue weighted by Crippen LogP contribution is 2.31. The summed E-state index contributed by atoms with van der Waals surface area (Å²) < 4.78 is 61.8. The average Bonchev–Trinajstić information content (AvgIpc) is 2.89. The molecule has 2 aromatic heterocycles. The van der Waals surface area contributed by atoms with Crippen molar-refractivity contribution in [3.63, 3.8) is 0 Å². The molecule has 4 aromatic rings. The van der Waals surface area contributed by atoms with Crippen molar-refractivity contribution in [1.29, 1.82) is 0 Å². The van der Waals surface area contributed by atoms with Crippen LogP contribution in [0.4, 0.5) is 20.5 Å². The number of nitrogens with one attached hydrogen (secondary N) is 1. The lowest BCUT2D eigenvalue weighted by Gasteiger charge is -2.32. The van der Waals surface area contributed by atoms with Crippen molar-refractivity contribution < 1.29 is 21.9 Å². The van der Waals surface area contributed by atoms with E-state index in [1.165, 1.54) is 12.1 Å².